The van der Waals surface area contributed by atoms with Gasteiger partial charge in [-0.15, -0.1) is 0 Å². The molecule has 2 heterocycles. The topological polar surface area (TPSA) is 32.3 Å². The van der Waals surface area contributed by atoms with Crippen LogP contribution < -0.4 is 5.32 Å². The number of carbonyl (C=O) groups excluding carboxylic acids is 1. The fourth-order valence-corrected chi connectivity index (χ4v) is 5.27. The zero-order valence-corrected chi connectivity index (χ0v) is 12.6. The fraction of sp³-hybridized carbons (Fsp3) is 0.941. The Kier molecular flexibility index (Phi) is 3.29. The highest BCUT2D eigenvalue weighted by Gasteiger charge is 2.59. The minimum absolute atomic E-state index is 0.380. The van der Waals surface area contributed by atoms with Crippen molar-refractivity contribution in [1.29, 1.82) is 0 Å². The van der Waals surface area contributed by atoms with Crippen LogP contribution >= 0.6 is 0 Å². The Balaban J connectivity index is 1.45. The van der Waals surface area contributed by atoms with Gasteiger partial charge in [0.2, 0.25) is 5.91 Å². The molecule has 0 bridgehead atoms. The van der Waals surface area contributed by atoms with Crippen molar-refractivity contribution in [3.63, 3.8) is 0 Å². The van der Waals surface area contributed by atoms with Crippen LogP contribution in [-0.2, 0) is 4.79 Å². The first-order valence-corrected chi connectivity index (χ1v) is 8.81. The van der Waals surface area contributed by atoms with E-state index < -0.39 is 0 Å². The molecule has 3 atom stereocenters. The molecule has 3 heteroatoms. The summed E-state index contributed by atoms with van der Waals surface area (Å²) in [7, 11) is 0. The second kappa shape index (κ2) is 5.01. The number of piperidine rings is 2. The van der Waals surface area contributed by atoms with Gasteiger partial charge in [0.1, 0.15) is 0 Å². The van der Waals surface area contributed by atoms with Gasteiger partial charge in [-0.05, 0) is 69.4 Å². The van der Waals surface area contributed by atoms with Gasteiger partial charge >= 0.3 is 0 Å². The molecule has 0 aromatic carbocycles. The Bertz CT molecular complexity index is 386. The second-order valence-corrected chi connectivity index (χ2v) is 7.65. The number of hydrogen-bond donors (Lipinski definition) is 1. The Morgan fingerprint density at radius 3 is 2.65 bits per heavy atom. The molecule has 1 N–H and O–H groups in total. The zero-order chi connectivity index (χ0) is 13.6. The van der Waals surface area contributed by atoms with Crippen molar-refractivity contribution in [2.45, 2.75) is 63.8 Å². The van der Waals surface area contributed by atoms with Crippen molar-refractivity contribution in [2.24, 2.45) is 17.3 Å². The third-order valence-corrected chi connectivity index (χ3v) is 6.61. The molecule has 0 aromatic heterocycles. The summed E-state index contributed by atoms with van der Waals surface area (Å²) in [5.41, 5.74) is 0.407. The number of rotatable bonds is 1. The van der Waals surface area contributed by atoms with Crippen LogP contribution in [-0.4, -0.2) is 36.5 Å². The van der Waals surface area contributed by atoms with Crippen LogP contribution in [0.15, 0.2) is 0 Å². The van der Waals surface area contributed by atoms with Crippen LogP contribution in [0.2, 0.25) is 0 Å². The Hall–Kier alpha value is -0.570. The maximum atomic E-state index is 13.0. The minimum atomic E-state index is 0.380. The molecular formula is C17H28N2O. The van der Waals surface area contributed by atoms with E-state index in [2.05, 4.69) is 10.2 Å². The Labute approximate surface area is 122 Å². The smallest absolute Gasteiger partial charge is 0.226 e. The van der Waals surface area contributed by atoms with E-state index in [4.69, 9.17) is 0 Å². The van der Waals surface area contributed by atoms with Gasteiger partial charge < -0.3 is 10.2 Å². The predicted octanol–water partition coefficient (Wildman–Crippen LogP) is 2.56. The zero-order valence-electron chi connectivity index (χ0n) is 12.6. The van der Waals surface area contributed by atoms with Gasteiger partial charge in [-0.25, -0.2) is 0 Å². The van der Waals surface area contributed by atoms with Gasteiger partial charge in [-0.2, -0.15) is 0 Å². The molecular weight excluding hydrogens is 248 g/mol. The first kappa shape index (κ1) is 13.1. The summed E-state index contributed by atoms with van der Waals surface area (Å²) in [6, 6.07) is 0.601. The van der Waals surface area contributed by atoms with E-state index in [1.165, 1.54) is 57.8 Å². The lowest BCUT2D eigenvalue weighted by Gasteiger charge is -2.44. The normalized spacial score (nSPS) is 39.4. The van der Waals surface area contributed by atoms with E-state index in [9.17, 15) is 4.79 Å². The van der Waals surface area contributed by atoms with Crippen molar-refractivity contribution < 1.29 is 4.79 Å². The largest absolute Gasteiger partial charge is 0.339 e. The SMILES string of the molecule is O=C(C1CC12CCNCC2)N1CCCC2CCCCC21. The number of nitrogens with zero attached hydrogens (tertiary/aromatic N) is 1. The minimum Gasteiger partial charge on any atom is -0.339 e. The highest BCUT2D eigenvalue weighted by molar-refractivity contribution is 5.83. The summed E-state index contributed by atoms with van der Waals surface area (Å²) in [5, 5.41) is 3.44. The summed E-state index contributed by atoms with van der Waals surface area (Å²) < 4.78 is 0. The molecule has 1 spiro atoms. The first-order chi connectivity index (χ1) is 9.80. The number of likely N-dealkylation sites (tertiary alicyclic amines) is 1. The van der Waals surface area contributed by atoms with E-state index in [0.29, 0.717) is 23.3 Å². The molecule has 2 aliphatic heterocycles. The van der Waals surface area contributed by atoms with Gasteiger partial charge in [-0.1, -0.05) is 12.8 Å². The lowest BCUT2D eigenvalue weighted by molar-refractivity contribution is -0.140. The van der Waals surface area contributed by atoms with Crippen molar-refractivity contribution in [3.8, 4) is 0 Å². The Morgan fingerprint density at radius 2 is 1.80 bits per heavy atom. The quantitative estimate of drug-likeness (QED) is 0.798. The van der Waals surface area contributed by atoms with Crippen LogP contribution in [0.4, 0.5) is 0 Å². The van der Waals surface area contributed by atoms with E-state index in [1.54, 1.807) is 0 Å². The van der Waals surface area contributed by atoms with Crippen LogP contribution in [0.3, 0.4) is 0 Å². The average Bonchev–Trinajstić information content (AvgIpc) is 3.20. The molecule has 20 heavy (non-hydrogen) atoms. The third kappa shape index (κ3) is 2.09. The number of fused-ring (bicyclic) bond motifs is 1. The molecule has 3 nitrogen and oxygen atoms in total. The van der Waals surface area contributed by atoms with Crippen molar-refractivity contribution in [3.05, 3.63) is 0 Å². The summed E-state index contributed by atoms with van der Waals surface area (Å²) in [4.78, 5) is 15.3. The number of hydrogen-bond acceptors (Lipinski definition) is 2. The van der Waals surface area contributed by atoms with Crippen LogP contribution in [0.5, 0.6) is 0 Å². The van der Waals surface area contributed by atoms with Gasteiger partial charge in [0.25, 0.3) is 0 Å². The van der Waals surface area contributed by atoms with Gasteiger partial charge in [0, 0.05) is 18.5 Å². The van der Waals surface area contributed by atoms with Crippen LogP contribution in [0.1, 0.15) is 57.8 Å². The molecule has 4 rings (SSSR count). The maximum Gasteiger partial charge on any atom is 0.226 e. The summed E-state index contributed by atoms with van der Waals surface area (Å²) in [6.45, 7) is 3.29. The number of carbonyl (C=O) groups is 1. The van der Waals surface area contributed by atoms with Crippen molar-refractivity contribution in [2.75, 3.05) is 19.6 Å². The third-order valence-electron chi connectivity index (χ3n) is 6.61. The first-order valence-electron chi connectivity index (χ1n) is 8.81. The lowest BCUT2D eigenvalue weighted by Crippen LogP contribution is -2.50. The molecule has 3 unspecified atom stereocenters. The van der Waals surface area contributed by atoms with E-state index in [0.717, 1.165) is 25.6 Å². The predicted molar refractivity (Wildman–Crippen MR) is 79.3 cm³/mol. The van der Waals surface area contributed by atoms with Crippen molar-refractivity contribution >= 4 is 5.91 Å². The summed E-state index contributed by atoms with van der Waals surface area (Å²) >= 11 is 0. The number of amides is 1. The second-order valence-electron chi connectivity index (χ2n) is 7.65. The molecule has 2 saturated carbocycles. The molecule has 1 amide bonds. The molecule has 4 fully saturated rings. The monoisotopic (exact) mass is 276 g/mol. The average molecular weight is 276 g/mol. The molecule has 112 valence electrons. The summed E-state index contributed by atoms with van der Waals surface area (Å²) in [5.74, 6) is 1.73. The highest BCUT2D eigenvalue weighted by atomic mass is 16.2. The fourth-order valence-electron chi connectivity index (χ4n) is 5.27. The highest BCUT2D eigenvalue weighted by Crippen LogP contribution is 2.59. The molecule has 4 aliphatic rings. The van der Waals surface area contributed by atoms with E-state index in [-0.39, 0.29) is 0 Å². The van der Waals surface area contributed by atoms with Gasteiger partial charge in [-0.3, -0.25) is 4.79 Å². The molecule has 2 saturated heterocycles. The van der Waals surface area contributed by atoms with Gasteiger partial charge in [0.15, 0.2) is 0 Å². The van der Waals surface area contributed by atoms with E-state index >= 15 is 0 Å². The molecule has 0 aromatic rings. The standard InChI is InChI=1S/C17H28N2O/c20-16(14-12-17(14)7-9-18-10-8-17)19-11-3-5-13-4-1-2-6-15(13)19/h13-15,18H,1-12H2. The van der Waals surface area contributed by atoms with E-state index in [1.807, 2.05) is 0 Å². The Morgan fingerprint density at radius 1 is 1.05 bits per heavy atom. The summed E-state index contributed by atoms with van der Waals surface area (Å²) in [6.07, 6.45) is 11.6. The molecule has 0 radical (unpaired) electrons. The van der Waals surface area contributed by atoms with Crippen molar-refractivity contribution in [1.82, 2.24) is 10.2 Å². The lowest BCUT2D eigenvalue weighted by atomic mass is 9.78. The maximum absolute atomic E-state index is 13.0. The van der Waals surface area contributed by atoms with Gasteiger partial charge in [0.05, 0.1) is 0 Å². The van der Waals surface area contributed by atoms with Crippen LogP contribution in [0.25, 0.3) is 0 Å². The van der Waals surface area contributed by atoms with Crippen LogP contribution in [0, 0.1) is 17.3 Å². The number of nitrogens with one attached hydrogen (secondary N) is 1. The molecule has 2 aliphatic carbocycles.